The zero-order chi connectivity index (χ0) is 28.3. The van der Waals surface area contributed by atoms with Gasteiger partial charge in [0.2, 0.25) is 0 Å². The molecule has 1 saturated heterocycles. The molecule has 0 spiro atoms. The third-order valence-corrected chi connectivity index (χ3v) is 24.2. The van der Waals surface area contributed by atoms with E-state index < -0.39 is 18.3 Å². The molecular formula is C28H15AsBr4O5S2. The summed E-state index contributed by atoms with van der Waals surface area (Å²) in [6.07, 6.45) is 0. The van der Waals surface area contributed by atoms with Gasteiger partial charge >= 0.3 is 276 Å². The SMILES string of the molecule is O=C(O)c1ccccc1-c1c2c(Br)c(Br)c(=O)c(-c3ccccc3)c-2oc2c([As]3SCCS3)c(O)c(Br)c(Br)c12. The Kier molecular flexibility index (Phi) is 8.29. The molecule has 12 heteroatoms. The van der Waals surface area contributed by atoms with Gasteiger partial charge in [-0.25, -0.2) is 0 Å². The van der Waals surface area contributed by atoms with Crippen molar-refractivity contribution in [2.75, 3.05) is 11.5 Å². The Morgan fingerprint density at radius 2 is 1.48 bits per heavy atom. The van der Waals surface area contributed by atoms with E-state index in [0.717, 1.165) is 15.9 Å². The minimum atomic E-state index is -1.89. The van der Waals surface area contributed by atoms with Crippen LogP contribution >= 0.6 is 83.8 Å². The number of hydrogen-bond donors (Lipinski definition) is 2. The first-order valence-corrected chi connectivity index (χ1v) is 22.3. The molecule has 3 aliphatic rings. The number of halogens is 4. The van der Waals surface area contributed by atoms with Crippen LogP contribution in [0.15, 0.2) is 81.7 Å². The van der Waals surface area contributed by atoms with Gasteiger partial charge in [-0.3, -0.25) is 0 Å². The number of carboxylic acids is 1. The normalized spacial score (nSPS) is 13.9. The molecule has 0 aromatic heterocycles. The van der Waals surface area contributed by atoms with E-state index in [0.29, 0.717) is 62.4 Å². The van der Waals surface area contributed by atoms with Crippen LogP contribution in [0.1, 0.15) is 10.4 Å². The third-order valence-electron chi connectivity index (χ3n) is 6.46. The summed E-state index contributed by atoms with van der Waals surface area (Å²) < 4.78 is 9.25. The molecule has 0 unspecified atom stereocenters. The van der Waals surface area contributed by atoms with Gasteiger partial charge in [-0.2, -0.15) is 0 Å². The fourth-order valence-electron chi connectivity index (χ4n) is 4.77. The Bertz CT molecular complexity index is 1870. The molecule has 0 atom stereocenters. The molecule has 40 heavy (non-hydrogen) atoms. The molecule has 0 amide bonds. The van der Waals surface area contributed by atoms with Crippen LogP contribution in [0.5, 0.6) is 5.75 Å². The second kappa shape index (κ2) is 11.5. The number of hydrogen-bond acceptors (Lipinski definition) is 6. The fourth-order valence-corrected chi connectivity index (χ4v) is 21.8. The second-order valence-electron chi connectivity index (χ2n) is 8.68. The number of phenolic OH excluding ortho intramolecular Hbond substituents is 1. The van der Waals surface area contributed by atoms with Crippen molar-refractivity contribution in [2.45, 2.75) is 0 Å². The quantitative estimate of drug-likeness (QED) is 0.138. The minimum absolute atomic E-state index is 0.0987. The Morgan fingerprint density at radius 3 is 2.15 bits per heavy atom. The summed E-state index contributed by atoms with van der Waals surface area (Å²) in [5.74, 6) is 1.27. The summed E-state index contributed by atoms with van der Waals surface area (Å²) in [6, 6.07) is 16.0. The molecule has 6 rings (SSSR count). The average Bonchev–Trinajstić information content (AvgIpc) is 3.49. The van der Waals surface area contributed by atoms with Gasteiger partial charge in [0.1, 0.15) is 0 Å². The molecule has 2 aliphatic heterocycles. The molecule has 0 bridgehead atoms. The number of aromatic carboxylic acids is 1. The number of benzene rings is 4. The van der Waals surface area contributed by atoms with Gasteiger partial charge in [-0.15, -0.1) is 0 Å². The first-order valence-electron chi connectivity index (χ1n) is 11.7. The fraction of sp³-hybridized carbons (Fsp3) is 0.0714. The van der Waals surface area contributed by atoms with Crippen molar-refractivity contribution < 1.29 is 19.4 Å². The summed E-state index contributed by atoms with van der Waals surface area (Å²) in [5, 5.41) is 22.3. The molecule has 1 fully saturated rings. The van der Waals surface area contributed by atoms with Gasteiger partial charge in [-0.1, -0.05) is 0 Å². The van der Waals surface area contributed by atoms with Crippen molar-refractivity contribution in [1.29, 1.82) is 0 Å². The first kappa shape index (κ1) is 28.9. The van der Waals surface area contributed by atoms with Crippen molar-refractivity contribution in [3.05, 3.63) is 88.3 Å². The van der Waals surface area contributed by atoms with Gasteiger partial charge in [0, 0.05) is 0 Å². The van der Waals surface area contributed by atoms with Crippen LogP contribution in [0.25, 0.3) is 44.5 Å². The summed E-state index contributed by atoms with van der Waals surface area (Å²) in [4.78, 5) is 26.3. The van der Waals surface area contributed by atoms with Crippen molar-refractivity contribution in [3.63, 3.8) is 0 Å². The third kappa shape index (κ3) is 4.64. The van der Waals surface area contributed by atoms with Crippen molar-refractivity contribution in [1.82, 2.24) is 0 Å². The van der Waals surface area contributed by atoms with Crippen LogP contribution in [0, 0.1) is 0 Å². The van der Waals surface area contributed by atoms with E-state index in [-0.39, 0.29) is 16.7 Å². The molecule has 202 valence electrons. The summed E-state index contributed by atoms with van der Waals surface area (Å²) in [5.41, 5.74) is 2.88. The Morgan fingerprint density at radius 1 is 0.825 bits per heavy atom. The maximum atomic E-state index is 13.8. The van der Waals surface area contributed by atoms with Crippen LogP contribution in [-0.4, -0.2) is 40.0 Å². The van der Waals surface area contributed by atoms with Gasteiger partial charge in [0.25, 0.3) is 0 Å². The molecule has 0 radical (unpaired) electrons. The summed E-state index contributed by atoms with van der Waals surface area (Å²) >= 11 is 12.5. The number of fused-ring (bicyclic) bond motifs is 2. The molecule has 5 nitrogen and oxygen atoms in total. The van der Waals surface area contributed by atoms with E-state index in [1.807, 2.05) is 50.4 Å². The summed E-state index contributed by atoms with van der Waals surface area (Å²) in [6.45, 7) is 0. The van der Waals surface area contributed by atoms with Crippen molar-refractivity contribution in [3.8, 4) is 39.3 Å². The Labute approximate surface area is 273 Å². The number of carboxylic acid groups (broad SMARTS) is 1. The van der Waals surface area contributed by atoms with E-state index in [2.05, 4.69) is 63.7 Å². The van der Waals surface area contributed by atoms with E-state index in [1.54, 1.807) is 24.3 Å². The zero-order valence-electron chi connectivity index (χ0n) is 20.0. The monoisotopic (exact) mass is 886 g/mol. The van der Waals surface area contributed by atoms with Crippen LogP contribution < -0.4 is 9.78 Å². The predicted molar refractivity (Wildman–Crippen MR) is 180 cm³/mol. The number of rotatable bonds is 4. The topological polar surface area (TPSA) is 87.7 Å². The van der Waals surface area contributed by atoms with Gasteiger partial charge in [0.05, 0.1) is 0 Å². The predicted octanol–water partition coefficient (Wildman–Crippen LogP) is 8.86. The van der Waals surface area contributed by atoms with Gasteiger partial charge < -0.3 is 0 Å². The van der Waals surface area contributed by atoms with E-state index in [9.17, 15) is 19.8 Å². The molecule has 2 heterocycles. The Balaban J connectivity index is 1.94. The molecule has 2 N–H and O–H groups in total. The second-order valence-corrected chi connectivity index (χ2v) is 23.5. The summed E-state index contributed by atoms with van der Waals surface area (Å²) in [7, 11) is 3.69. The Hall–Kier alpha value is -1.20. The molecule has 3 aromatic rings. The van der Waals surface area contributed by atoms with E-state index in [4.69, 9.17) is 4.42 Å². The first-order chi connectivity index (χ1) is 19.2. The van der Waals surface area contributed by atoms with E-state index in [1.165, 1.54) is 0 Å². The maximum absolute atomic E-state index is 13.8. The van der Waals surface area contributed by atoms with Gasteiger partial charge in [-0.05, 0) is 0 Å². The van der Waals surface area contributed by atoms with Gasteiger partial charge in [0.15, 0.2) is 0 Å². The van der Waals surface area contributed by atoms with E-state index >= 15 is 0 Å². The van der Waals surface area contributed by atoms with Crippen molar-refractivity contribution in [2.24, 2.45) is 0 Å². The van der Waals surface area contributed by atoms with Crippen LogP contribution in [0.2, 0.25) is 0 Å². The average molecular weight is 890 g/mol. The molecule has 0 saturated carbocycles. The number of aromatic hydroxyl groups is 1. The molecule has 3 aromatic carbocycles. The zero-order valence-corrected chi connectivity index (χ0v) is 29.9. The van der Waals surface area contributed by atoms with Crippen LogP contribution in [0.4, 0.5) is 0 Å². The number of carbonyl (C=O) groups is 1. The molecule has 1 aliphatic carbocycles. The van der Waals surface area contributed by atoms with Crippen LogP contribution in [-0.2, 0) is 0 Å². The van der Waals surface area contributed by atoms with Crippen LogP contribution in [0.3, 0.4) is 0 Å². The van der Waals surface area contributed by atoms with Crippen molar-refractivity contribution >= 4 is 117 Å². The standard InChI is InChI=1S/C28H15AsBr4O5S2/c30-20-17-16(13-8-4-5-9-14(13)28(36)37)18-21(31)23(33)25(35)19(29-39-10-11-40-29)27(18)38-26(17)15(24(34)22(20)32)12-6-2-1-3-7-12/h1-9,35H,10-11H2,(H,36,37). The number of phenols is 1. The molecular weight excluding hydrogens is 875 g/mol.